The molecule has 0 heterocycles. The third-order valence-corrected chi connectivity index (χ3v) is 2.98. The van der Waals surface area contributed by atoms with Gasteiger partial charge in [0, 0.05) is 17.1 Å². The monoisotopic (exact) mass is 227 g/mol. The lowest BCUT2D eigenvalue weighted by molar-refractivity contribution is 0.145. The van der Waals surface area contributed by atoms with Crippen molar-refractivity contribution in [3.05, 3.63) is 29.8 Å². The molecule has 1 nitrogen and oxygen atoms in total. The smallest absolute Gasteiger partial charge is 0.211 e. The molecule has 0 saturated heterocycles. The first-order chi connectivity index (χ1) is 7.24. The summed E-state index contributed by atoms with van der Waals surface area (Å²) in [6.45, 7) is 0. The van der Waals surface area contributed by atoms with Crippen molar-refractivity contribution in [2.24, 2.45) is 0 Å². The van der Waals surface area contributed by atoms with E-state index in [2.05, 4.69) is 6.07 Å². The van der Waals surface area contributed by atoms with Crippen LogP contribution in [-0.2, 0) is 6.42 Å². The van der Waals surface area contributed by atoms with Crippen molar-refractivity contribution < 1.29 is 8.78 Å². The Hall–Kier alpha value is -1.08. The van der Waals surface area contributed by atoms with E-state index in [1.807, 2.05) is 24.3 Å². The van der Waals surface area contributed by atoms with Gasteiger partial charge in [-0.3, -0.25) is 0 Å². The van der Waals surface area contributed by atoms with Gasteiger partial charge in [0.1, 0.15) is 0 Å². The van der Waals surface area contributed by atoms with Crippen molar-refractivity contribution in [2.45, 2.75) is 24.2 Å². The Kier molecular flexibility index (Phi) is 5.13. The van der Waals surface area contributed by atoms with Gasteiger partial charge in [-0.25, -0.2) is 8.78 Å². The van der Waals surface area contributed by atoms with Gasteiger partial charge in [-0.15, -0.1) is 11.8 Å². The summed E-state index contributed by atoms with van der Waals surface area (Å²) in [6.07, 6.45) is -2.02. The van der Waals surface area contributed by atoms with Gasteiger partial charge in [-0.1, -0.05) is 18.2 Å². The molecule has 15 heavy (non-hydrogen) atoms. The van der Waals surface area contributed by atoms with Crippen LogP contribution in [0.3, 0.4) is 0 Å². The van der Waals surface area contributed by atoms with Crippen molar-refractivity contribution in [2.75, 3.05) is 5.75 Å². The van der Waals surface area contributed by atoms with Gasteiger partial charge in [-0.05, 0) is 11.6 Å². The maximum absolute atomic E-state index is 11.9. The highest BCUT2D eigenvalue weighted by Crippen LogP contribution is 2.24. The zero-order valence-electron chi connectivity index (χ0n) is 8.12. The third-order valence-electron chi connectivity index (χ3n) is 1.84. The molecule has 1 rings (SSSR count). The molecule has 0 N–H and O–H groups in total. The maximum atomic E-state index is 11.9. The summed E-state index contributed by atoms with van der Waals surface area (Å²) in [7, 11) is 0. The Morgan fingerprint density at radius 1 is 1.33 bits per heavy atom. The van der Waals surface area contributed by atoms with E-state index < -0.39 is 6.43 Å². The van der Waals surface area contributed by atoms with E-state index in [0.717, 1.165) is 10.5 Å². The van der Waals surface area contributed by atoms with Gasteiger partial charge in [-0.2, -0.15) is 5.26 Å². The Morgan fingerprint density at radius 2 is 2.07 bits per heavy atom. The fraction of sp³-hybridized carbons (Fsp3) is 0.364. The fourth-order valence-corrected chi connectivity index (χ4v) is 2.15. The average Bonchev–Trinajstić information content (AvgIpc) is 2.20. The zero-order chi connectivity index (χ0) is 11.1. The summed E-state index contributed by atoms with van der Waals surface area (Å²) < 4.78 is 23.8. The van der Waals surface area contributed by atoms with E-state index in [-0.39, 0.29) is 6.42 Å². The van der Waals surface area contributed by atoms with Crippen LogP contribution < -0.4 is 0 Å². The number of nitrogens with zero attached hydrogens (tertiary/aromatic N) is 1. The van der Waals surface area contributed by atoms with E-state index >= 15 is 0 Å². The first-order valence-electron chi connectivity index (χ1n) is 4.60. The van der Waals surface area contributed by atoms with Crippen LogP contribution in [0.2, 0.25) is 0 Å². The molecule has 80 valence electrons. The lowest BCUT2D eigenvalue weighted by Crippen LogP contribution is -1.93. The van der Waals surface area contributed by atoms with E-state index in [1.165, 1.54) is 11.8 Å². The minimum Gasteiger partial charge on any atom is -0.211 e. The molecule has 0 fully saturated rings. The molecule has 0 aliphatic rings. The molecule has 0 spiro atoms. The normalized spacial score (nSPS) is 10.3. The SMILES string of the molecule is N#CCc1ccccc1SCCC(F)F. The van der Waals surface area contributed by atoms with E-state index in [0.29, 0.717) is 12.2 Å². The van der Waals surface area contributed by atoms with Crippen molar-refractivity contribution in [1.82, 2.24) is 0 Å². The number of thioether (sulfide) groups is 1. The quantitative estimate of drug-likeness (QED) is 0.719. The number of hydrogen-bond acceptors (Lipinski definition) is 2. The fourth-order valence-electron chi connectivity index (χ4n) is 1.13. The lowest BCUT2D eigenvalue weighted by Gasteiger charge is -2.05. The highest BCUT2D eigenvalue weighted by Gasteiger charge is 2.05. The molecule has 0 atom stereocenters. The molecule has 0 saturated carbocycles. The van der Waals surface area contributed by atoms with Gasteiger partial charge >= 0.3 is 0 Å². The van der Waals surface area contributed by atoms with Crippen LogP contribution in [0.1, 0.15) is 12.0 Å². The average molecular weight is 227 g/mol. The van der Waals surface area contributed by atoms with Crippen LogP contribution in [0.5, 0.6) is 0 Å². The van der Waals surface area contributed by atoms with Crippen LogP contribution in [-0.4, -0.2) is 12.2 Å². The van der Waals surface area contributed by atoms with Crippen molar-refractivity contribution >= 4 is 11.8 Å². The zero-order valence-corrected chi connectivity index (χ0v) is 8.94. The van der Waals surface area contributed by atoms with E-state index in [1.54, 1.807) is 0 Å². The Labute approximate surface area is 92.1 Å². The molecule has 0 amide bonds. The van der Waals surface area contributed by atoms with Gasteiger partial charge in [0.05, 0.1) is 12.5 Å². The largest absolute Gasteiger partial charge is 0.239 e. The summed E-state index contributed by atoms with van der Waals surface area (Å²) in [6, 6.07) is 9.48. The molecule has 1 aromatic rings. The molecule has 0 bridgehead atoms. The lowest BCUT2D eigenvalue weighted by atomic mass is 10.2. The van der Waals surface area contributed by atoms with Gasteiger partial charge in [0.25, 0.3) is 0 Å². The highest BCUT2D eigenvalue weighted by atomic mass is 32.2. The topological polar surface area (TPSA) is 23.8 Å². The first-order valence-corrected chi connectivity index (χ1v) is 5.58. The molecule has 0 aromatic heterocycles. The summed E-state index contributed by atoms with van der Waals surface area (Å²) >= 11 is 1.38. The Balaban J connectivity index is 2.56. The van der Waals surface area contributed by atoms with Crippen LogP contribution in [0.4, 0.5) is 8.78 Å². The Bertz CT molecular complexity index is 347. The minimum absolute atomic E-state index is 0.106. The predicted molar refractivity (Wildman–Crippen MR) is 57.1 cm³/mol. The van der Waals surface area contributed by atoms with Crippen molar-refractivity contribution in [3.8, 4) is 6.07 Å². The van der Waals surface area contributed by atoms with E-state index in [9.17, 15) is 8.78 Å². The predicted octanol–water partition coefficient (Wildman–Crippen LogP) is 3.50. The Morgan fingerprint density at radius 3 is 2.73 bits per heavy atom. The van der Waals surface area contributed by atoms with Crippen LogP contribution >= 0.6 is 11.8 Å². The molecule has 0 radical (unpaired) electrons. The second kappa shape index (κ2) is 6.41. The molecular formula is C11H11F2NS. The minimum atomic E-state index is -2.25. The third kappa shape index (κ3) is 4.30. The second-order valence-corrected chi connectivity index (χ2v) is 4.11. The molecular weight excluding hydrogens is 216 g/mol. The number of halogens is 2. The van der Waals surface area contributed by atoms with Crippen LogP contribution in [0, 0.1) is 11.3 Å². The van der Waals surface area contributed by atoms with Gasteiger partial charge < -0.3 is 0 Å². The number of nitriles is 1. The van der Waals surface area contributed by atoms with Crippen LogP contribution in [0.25, 0.3) is 0 Å². The summed E-state index contributed by atoms with van der Waals surface area (Å²) in [5.74, 6) is 0.389. The molecule has 0 aliphatic heterocycles. The molecule has 0 unspecified atom stereocenters. The second-order valence-electron chi connectivity index (χ2n) is 2.97. The van der Waals surface area contributed by atoms with Crippen LogP contribution in [0.15, 0.2) is 29.2 Å². The van der Waals surface area contributed by atoms with Gasteiger partial charge in [0.15, 0.2) is 0 Å². The van der Waals surface area contributed by atoms with Crippen molar-refractivity contribution in [1.29, 1.82) is 5.26 Å². The summed E-state index contributed by atoms with van der Waals surface area (Å²) in [5, 5.41) is 8.58. The summed E-state index contributed by atoms with van der Waals surface area (Å²) in [4.78, 5) is 0.930. The standard InChI is InChI=1S/C11H11F2NS/c12-11(13)6-8-15-10-4-2-1-3-9(10)5-7-14/h1-4,11H,5-6,8H2. The number of benzene rings is 1. The highest BCUT2D eigenvalue weighted by molar-refractivity contribution is 7.99. The number of rotatable bonds is 5. The molecule has 0 aliphatic carbocycles. The van der Waals surface area contributed by atoms with Gasteiger partial charge in [0.2, 0.25) is 6.43 Å². The maximum Gasteiger partial charge on any atom is 0.239 e. The number of hydrogen-bond donors (Lipinski definition) is 0. The number of alkyl halides is 2. The molecule has 1 aromatic carbocycles. The molecule has 4 heteroatoms. The van der Waals surface area contributed by atoms with E-state index in [4.69, 9.17) is 5.26 Å². The summed E-state index contributed by atoms with van der Waals surface area (Å²) in [5.41, 5.74) is 0.916. The first kappa shape index (κ1) is 12.0. The van der Waals surface area contributed by atoms with Crippen molar-refractivity contribution in [3.63, 3.8) is 0 Å².